The topological polar surface area (TPSA) is 18.5 Å². The van der Waals surface area contributed by atoms with Gasteiger partial charge in [-0.05, 0) is 6.42 Å². The van der Waals surface area contributed by atoms with Gasteiger partial charge in [-0.15, -0.1) is 0 Å². The summed E-state index contributed by atoms with van der Waals surface area (Å²) in [7, 11) is 0. The van der Waals surface area contributed by atoms with Gasteiger partial charge in [-0.25, -0.2) is 0 Å². The smallest absolute Gasteiger partial charge is 0.130 e. The van der Waals surface area contributed by atoms with Crippen molar-refractivity contribution in [2.75, 3.05) is 13.2 Å². The van der Waals surface area contributed by atoms with Gasteiger partial charge < -0.3 is 9.47 Å². The maximum Gasteiger partial charge on any atom is 0.130 e. The fraction of sp³-hybridized carbons (Fsp3) is 0.800. The Labute approximate surface area is 74.6 Å². The minimum absolute atomic E-state index is 0.707. The molecule has 70 valence electrons. The highest BCUT2D eigenvalue weighted by Gasteiger charge is 2.03. The molecule has 0 spiro atoms. The number of unbranched alkanes of at least 4 members (excludes halogenated alkanes) is 3. The number of hydrogen-bond donors (Lipinski definition) is 0. The minimum Gasteiger partial charge on any atom is -0.494 e. The molecule has 0 aromatic carbocycles. The van der Waals surface area contributed by atoms with Gasteiger partial charge in [0.05, 0.1) is 0 Å². The molecule has 0 saturated carbocycles. The van der Waals surface area contributed by atoms with Crippen LogP contribution in [0.25, 0.3) is 0 Å². The molecule has 1 rings (SSSR count). The zero-order valence-electron chi connectivity index (χ0n) is 7.84. The molecule has 0 radical (unpaired) electrons. The summed E-state index contributed by atoms with van der Waals surface area (Å²) in [6, 6.07) is 0. The summed E-state index contributed by atoms with van der Waals surface area (Å²) >= 11 is 0. The second-order valence-corrected chi connectivity index (χ2v) is 3.11. The second kappa shape index (κ2) is 5.92. The van der Waals surface area contributed by atoms with Gasteiger partial charge in [-0.2, -0.15) is 0 Å². The fourth-order valence-electron chi connectivity index (χ4n) is 1.26. The SMILES string of the molecule is CCCCCCC1=COCCO1. The highest BCUT2D eigenvalue weighted by molar-refractivity contribution is 4.89. The molecular weight excluding hydrogens is 152 g/mol. The van der Waals surface area contributed by atoms with E-state index in [1.807, 2.05) is 0 Å². The first-order valence-corrected chi connectivity index (χ1v) is 4.87. The molecule has 0 aliphatic carbocycles. The van der Waals surface area contributed by atoms with Crippen molar-refractivity contribution >= 4 is 0 Å². The average Bonchev–Trinajstić information content (AvgIpc) is 2.14. The Morgan fingerprint density at radius 1 is 1.25 bits per heavy atom. The van der Waals surface area contributed by atoms with Gasteiger partial charge in [0.2, 0.25) is 0 Å². The van der Waals surface area contributed by atoms with Crippen LogP contribution >= 0.6 is 0 Å². The standard InChI is InChI=1S/C10H18O2/c1-2-3-4-5-6-10-9-11-7-8-12-10/h9H,2-8H2,1H3. The Balaban J connectivity index is 2.01. The third-order valence-electron chi connectivity index (χ3n) is 1.98. The summed E-state index contributed by atoms with van der Waals surface area (Å²) in [6.45, 7) is 3.65. The molecule has 1 aliphatic rings. The Hall–Kier alpha value is -0.660. The Morgan fingerprint density at radius 2 is 2.17 bits per heavy atom. The zero-order chi connectivity index (χ0) is 8.65. The highest BCUT2D eigenvalue weighted by Crippen LogP contribution is 2.13. The molecule has 0 unspecified atom stereocenters. The molecule has 0 fully saturated rings. The van der Waals surface area contributed by atoms with E-state index in [1.54, 1.807) is 6.26 Å². The molecule has 0 saturated heterocycles. The van der Waals surface area contributed by atoms with E-state index in [9.17, 15) is 0 Å². The van der Waals surface area contributed by atoms with Crippen molar-refractivity contribution in [1.29, 1.82) is 0 Å². The maximum absolute atomic E-state index is 5.39. The molecule has 0 amide bonds. The van der Waals surface area contributed by atoms with E-state index in [-0.39, 0.29) is 0 Å². The molecule has 0 bridgehead atoms. The van der Waals surface area contributed by atoms with E-state index in [2.05, 4.69) is 6.92 Å². The summed E-state index contributed by atoms with van der Waals surface area (Å²) in [5, 5.41) is 0. The summed E-state index contributed by atoms with van der Waals surface area (Å²) < 4.78 is 10.5. The minimum atomic E-state index is 0.707. The molecular formula is C10H18O2. The lowest BCUT2D eigenvalue weighted by atomic mass is 10.1. The molecule has 2 heteroatoms. The monoisotopic (exact) mass is 170 g/mol. The molecule has 12 heavy (non-hydrogen) atoms. The molecule has 0 aromatic rings. The number of allylic oxidation sites excluding steroid dienone is 1. The van der Waals surface area contributed by atoms with E-state index >= 15 is 0 Å². The van der Waals surface area contributed by atoms with E-state index < -0.39 is 0 Å². The lowest BCUT2D eigenvalue weighted by molar-refractivity contribution is 0.0785. The van der Waals surface area contributed by atoms with Crippen molar-refractivity contribution in [1.82, 2.24) is 0 Å². The van der Waals surface area contributed by atoms with Gasteiger partial charge >= 0.3 is 0 Å². The van der Waals surface area contributed by atoms with Gasteiger partial charge in [0.15, 0.2) is 0 Å². The molecule has 0 atom stereocenters. The van der Waals surface area contributed by atoms with Crippen LogP contribution in [0.5, 0.6) is 0 Å². The third kappa shape index (κ3) is 3.65. The van der Waals surface area contributed by atoms with Crippen LogP contribution in [-0.2, 0) is 9.47 Å². The van der Waals surface area contributed by atoms with E-state index in [0.717, 1.165) is 18.8 Å². The van der Waals surface area contributed by atoms with E-state index in [4.69, 9.17) is 9.47 Å². The molecule has 0 N–H and O–H groups in total. The van der Waals surface area contributed by atoms with Gasteiger partial charge in [0.1, 0.15) is 25.2 Å². The van der Waals surface area contributed by atoms with Crippen LogP contribution in [0.15, 0.2) is 12.0 Å². The molecule has 0 aromatic heterocycles. The quantitative estimate of drug-likeness (QED) is 0.591. The summed E-state index contributed by atoms with van der Waals surface area (Å²) in [4.78, 5) is 0. The van der Waals surface area contributed by atoms with Crippen molar-refractivity contribution in [3.8, 4) is 0 Å². The number of hydrogen-bond acceptors (Lipinski definition) is 2. The van der Waals surface area contributed by atoms with Crippen molar-refractivity contribution in [3.63, 3.8) is 0 Å². The molecule has 1 aliphatic heterocycles. The van der Waals surface area contributed by atoms with E-state index in [1.165, 1.54) is 25.7 Å². The van der Waals surface area contributed by atoms with Crippen LogP contribution in [0.3, 0.4) is 0 Å². The van der Waals surface area contributed by atoms with Gasteiger partial charge in [-0.3, -0.25) is 0 Å². The maximum atomic E-state index is 5.39. The Morgan fingerprint density at radius 3 is 2.83 bits per heavy atom. The lowest BCUT2D eigenvalue weighted by Gasteiger charge is -2.15. The van der Waals surface area contributed by atoms with Gasteiger partial charge in [-0.1, -0.05) is 26.2 Å². The Kier molecular flexibility index (Phi) is 4.65. The fourth-order valence-corrected chi connectivity index (χ4v) is 1.26. The van der Waals surface area contributed by atoms with Gasteiger partial charge in [0.25, 0.3) is 0 Å². The normalized spacial score (nSPS) is 16.2. The van der Waals surface area contributed by atoms with Crippen molar-refractivity contribution in [2.24, 2.45) is 0 Å². The van der Waals surface area contributed by atoms with Crippen LogP contribution in [0.2, 0.25) is 0 Å². The summed E-state index contributed by atoms with van der Waals surface area (Å²) in [5.74, 6) is 1.03. The van der Waals surface area contributed by atoms with Gasteiger partial charge in [0, 0.05) is 6.42 Å². The van der Waals surface area contributed by atoms with Crippen LogP contribution in [0.1, 0.15) is 39.0 Å². The zero-order valence-corrected chi connectivity index (χ0v) is 7.84. The van der Waals surface area contributed by atoms with Crippen LogP contribution in [0, 0.1) is 0 Å². The predicted octanol–water partition coefficient (Wildman–Crippen LogP) is 2.85. The Bertz CT molecular complexity index is 141. The average molecular weight is 170 g/mol. The van der Waals surface area contributed by atoms with E-state index in [0.29, 0.717) is 6.61 Å². The number of ether oxygens (including phenoxy) is 2. The van der Waals surface area contributed by atoms with Crippen molar-refractivity contribution in [3.05, 3.63) is 12.0 Å². The third-order valence-corrected chi connectivity index (χ3v) is 1.98. The number of rotatable bonds is 5. The summed E-state index contributed by atoms with van der Waals surface area (Å²) in [5.41, 5.74) is 0. The van der Waals surface area contributed by atoms with Crippen molar-refractivity contribution in [2.45, 2.75) is 39.0 Å². The largest absolute Gasteiger partial charge is 0.494 e. The molecule has 2 nitrogen and oxygen atoms in total. The highest BCUT2D eigenvalue weighted by atomic mass is 16.6. The first kappa shape index (κ1) is 9.43. The second-order valence-electron chi connectivity index (χ2n) is 3.11. The van der Waals surface area contributed by atoms with Crippen LogP contribution in [-0.4, -0.2) is 13.2 Å². The van der Waals surface area contributed by atoms with Crippen LogP contribution in [0.4, 0.5) is 0 Å². The first-order chi connectivity index (χ1) is 5.93. The van der Waals surface area contributed by atoms with Crippen molar-refractivity contribution < 1.29 is 9.47 Å². The first-order valence-electron chi connectivity index (χ1n) is 4.87. The predicted molar refractivity (Wildman–Crippen MR) is 48.7 cm³/mol. The van der Waals surface area contributed by atoms with Crippen LogP contribution < -0.4 is 0 Å². The summed E-state index contributed by atoms with van der Waals surface area (Å²) in [6.07, 6.45) is 7.94. The molecule has 1 heterocycles. The lowest BCUT2D eigenvalue weighted by Crippen LogP contribution is -2.07.